The van der Waals surface area contributed by atoms with Gasteiger partial charge in [0.15, 0.2) is 0 Å². The van der Waals surface area contributed by atoms with Crippen LogP contribution in [0.1, 0.15) is 44.7 Å². The first kappa shape index (κ1) is 26.2. The highest BCUT2D eigenvalue weighted by Gasteiger charge is 2.46. The highest BCUT2D eigenvalue weighted by molar-refractivity contribution is 6.12. The predicted octanol–water partition coefficient (Wildman–Crippen LogP) is 5.79. The molecule has 0 atom stereocenters. The van der Waals surface area contributed by atoms with E-state index in [-0.39, 0.29) is 17.6 Å². The zero-order chi connectivity index (χ0) is 28.7. The second-order valence-corrected chi connectivity index (χ2v) is 10.1. The van der Waals surface area contributed by atoms with E-state index in [0.29, 0.717) is 39.2 Å². The fourth-order valence-electron chi connectivity index (χ4n) is 5.23. The van der Waals surface area contributed by atoms with Crippen LogP contribution in [-0.2, 0) is 5.54 Å². The molecule has 9 heteroatoms. The third-order valence-electron chi connectivity index (χ3n) is 7.59. The van der Waals surface area contributed by atoms with Crippen LogP contribution in [0.4, 0.5) is 4.39 Å². The molecule has 41 heavy (non-hydrogen) atoms. The Morgan fingerprint density at radius 2 is 1.73 bits per heavy atom. The second kappa shape index (κ2) is 10.2. The van der Waals surface area contributed by atoms with E-state index in [1.165, 1.54) is 19.2 Å². The van der Waals surface area contributed by atoms with Crippen molar-refractivity contribution in [2.75, 3.05) is 14.2 Å². The number of hydrogen-bond donors (Lipinski definition) is 2. The SMILES string of the molecule is CNC(=O)c1c(-c2ccc(F)cc2)oc2ccc(-c3cc(C(=O)NC4(c5ccnnc5)CC4)c(OC)cc3C)cc12. The summed E-state index contributed by atoms with van der Waals surface area (Å²) in [5.74, 6) is -0.156. The van der Waals surface area contributed by atoms with E-state index in [0.717, 1.165) is 35.1 Å². The van der Waals surface area contributed by atoms with Crippen LogP contribution in [0.15, 0.2) is 77.5 Å². The number of rotatable bonds is 7. The molecule has 2 amide bonds. The predicted molar refractivity (Wildman–Crippen MR) is 152 cm³/mol. The van der Waals surface area contributed by atoms with Crippen molar-refractivity contribution >= 4 is 22.8 Å². The maximum atomic E-state index is 13.6. The molecule has 0 saturated heterocycles. The lowest BCUT2D eigenvalue weighted by Crippen LogP contribution is -2.35. The van der Waals surface area contributed by atoms with Gasteiger partial charge >= 0.3 is 0 Å². The van der Waals surface area contributed by atoms with Crippen LogP contribution in [0.2, 0.25) is 0 Å². The minimum absolute atomic E-state index is 0.258. The van der Waals surface area contributed by atoms with Gasteiger partial charge in [-0.1, -0.05) is 6.07 Å². The van der Waals surface area contributed by atoms with Gasteiger partial charge < -0.3 is 19.8 Å². The van der Waals surface area contributed by atoms with E-state index in [1.807, 2.05) is 37.3 Å². The first-order valence-corrected chi connectivity index (χ1v) is 13.2. The number of benzene rings is 3. The summed E-state index contributed by atoms with van der Waals surface area (Å²) in [5, 5.41) is 14.3. The Hall–Kier alpha value is -5.05. The normalized spacial score (nSPS) is 13.6. The second-order valence-electron chi connectivity index (χ2n) is 10.1. The number of nitrogens with one attached hydrogen (secondary N) is 2. The number of aromatic nitrogens is 2. The maximum absolute atomic E-state index is 13.6. The lowest BCUT2D eigenvalue weighted by molar-refractivity contribution is 0.0925. The summed E-state index contributed by atoms with van der Waals surface area (Å²) in [4.78, 5) is 26.6. The van der Waals surface area contributed by atoms with E-state index >= 15 is 0 Å². The molecule has 0 unspecified atom stereocenters. The van der Waals surface area contributed by atoms with E-state index in [1.54, 1.807) is 37.6 Å². The third kappa shape index (κ3) is 4.69. The molecule has 0 spiro atoms. The number of nitrogens with zero attached hydrogens (tertiary/aromatic N) is 2. The van der Waals surface area contributed by atoms with Crippen molar-refractivity contribution in [3.8, 4) is 28.2 Å². The van der Waals surface area contributed by atoms with Crippen LogP contribution in [0, 0.1) is 12.7 Å². The van der Waals surface area contributed by atoms with Gasteiger partial charge in [-0.25, -0.2) is 4.39 Å². The van der Waals surface area contributed by atoms with E-state index in [9.17, 15) is 14.0 Å². The molecule has 8 nitrogen and oxygen atoms in total. The number of amides is 2. The van der Waals surface area contributed by atoms with Gasteiger partial charge in [0.1, 0.15) is 22.9 Å². The zero-order valence-electron chi connectivity index (χ0n) is 22.7. The number of carbonyl (C=O) groups is 2. The molecule has 0 aliphatic heterocycles. The Bertz CT molecular complexity index is 1790. The molecule has 3 aromatic carbocycles. The molecule has 1 aliphatic rings. The van der Waals surface area contributed by atoms with Gasteiger partial charge in [0, 0.05) is 24.2 Å². The Labute approximate surface area is 235 Å². The maximum Gasteiger partial charge on any atom is 0.255 e. The van der Waals surface area contributed by atoms with Crippen molar-refractivity contribution in [1.82, 2.24) is 20.8 Å². The molecule has 1 fully saturated rings. The molecular formula is C32H27FN4O4. The van der Waals surface area contributed by atoms with Crippen LogP contribution in [0.3, 0.4) is 0 Å². The lowest BCUT2D eigenvalue weighted by atomic mass is 9.94. The highest BCUT2D eigenvalue weighted by atomic mass is 19.1. The number of furan rings is 1. The van der Waals surface area contributed by atoms with E-state index in [4.69, 9.17) is 9.15 Å². The summed E-state index contributed by atoms with van der Waals surface area (Å²) in [6.07, 6.45) is 4.91. The number of ether oxygens (including phenoxy) is 1. The third-order valence-corrected chi connectivity index (χ3v) is 7.59. The fraction of sp³-hybridized carbons (Fsp3) is 0.188. The number of aryl methyl sites for hydroxylation is 1. The summed E-state index contributed by atoms with van der Waals surface area (Å²) in [6.45, 7) is 1.94. The van der Waals surface area contributed by atoms with Crippen molar-refractivity contribution < 1.29 is 23.1 Å². The zero-order valence-corrected chi connectivity index (χ0v) is 22.7. The van der Waals surface area contributed by atoms with E-state index < -0.39 is 5.54 Å². The largest absolute Gasteiger partial charge is 0.496 e. The molecule has 6 rings (SSSR count). The molecule has 206 valence electrons. The van der Waals surface area contributed by atoms with Crippen molar-refractivity contribution in [1.29, 1.82) is 0 Å². The minimum Gasteiger partial charge on any atom is -0.496 e. The van der Waals surface area contributed by atoms with Crippen molar-refractivity contribution in [3.63, 3.8) is 0 Å². The summed E-state index contributed by atoms with van der Waals surface area (Å²) in [6, 6.07) is 16.9. The number of hydrogen-bond acceptors (Lipinski definition) is 6. The summed E-state index contributed by atoms with van der Waals surface area (Å²) >= 11 is 0. The summed E-state index contributed by atoms with van der Waals surface area (Å²) in [7, 11) is 3.08. The van der Waals surface area contributed by atoms with Gasteiger partial charge in [-0.2, -0.15) is 10.2 Å². The van der Waals surface area contributed by atoms with Gasteiger partial charge in [-0.15, -0.1) is 0 Å². The van der Waals surface area contributed by atoms with Crippen LogP contribution in [0.25, 0.3) is 33.4 Å². The van der Waals surface area contributed by atoms with Crippen molar-refractivity contribution in [3.05, 3.63) is 101 Å². The molecule has 2 aromatic heterocycles. The van der Waals surface area contributed by atoms with Gasteiger partial charge in [0.25, 0.3) is 11.8 Å². The molecule has 0 bridgehead atoms. The Morgan fingerprint density at radius 1 is 0.976 bits per heavy atom. The topological polar surface area (TPSA) is 106 Å². The Morgan fingerprint density at radius 3 is 2.39 bits per heavy atom. The first-order chi connectivity index (χ1) is 19.8. The highest BCUT2D eigenvalue weighted by Crippen LogP contribution is 2.46. The van der Waals surface area contributed by atoms with Crippen LogP contribution in [-0.4, -0.2) is 36.2 Å². The molecule has 1 aliphatic carbocycles. The standard InChI is InChI=1S/C32H27FN4O4/c1-18-14-27(40-3)25(30(38)37-32(11-12-32)21-10-13-35-36-17-21)16-23(18)20-6-9-26-24(15-20)28(31(39)34-2)29(41-26)19-4-7-22(33)8-5-19/h4-10,13-17H,11-12H2,1-3H3,(H,34,39)(H,37,38). The Balaban J connectivity index is 1.43. The molecule has 2 N–H and O–H groups in total. The van der Waals surface area contributed by atoms with Gasteiger partial charge in [-0.3, -0.25) is 9.59 Å². The monoisotopic (exact) mass is 550 g/mol. The molecule has 2 heterocycles. The number of methoxy groups -OCH3 is 1. The first-order valence-electron chi connectivity index (χ1n) is 13.2. The van der Waals surface area contributed by atoms with Gasteiger partial charge in [-0.05, 0) is 96.6 Å². The molecular weight excluding hydrogens is 523 g/mol. The van der Waals surface area contributed by atoms with Crippen LogP contribution in [0.5, 0.6) is 5.75 Å². The summed E-state index contributed by atoms with van der Waals surface area (Å²) < 4.78 is 25.3. The number of fused-ring (bicyclic) bond motifs is 1. The summed E-state index contributed by atoms with van der Waals surface area (Å²) in [5.41, 5.74) is 4.77. The van der Waals surface area contributed by atoms with Gasteiger partial charge in [0.2, 0.25) is 0 Å². The number of halogens is 1. The molecule has 1 saturated carbocycles. The molecule has 0 radical (unpaired) electrons. The van der Waals surface area contributed by atoms with Gasteiger partial charge in [0.05, 0.1) is 30.0 Å². The van der Waals surface area contributed by atoms with Crippen LogP contribution < -0.4 is 15.4 Å². The minimum atomic E-state index is -0.474. The lowest BCUT2D eigenvalue weighted by Gasteiger charge is -2.19. The fourth-order valence-corrected chi connectivity index (χ4v) is 5.23. The Kier molecular flexibility index (Phi) is 6.49. The molecule has 5 aromatic rings. The van der Waals surface area contributed by atoms with E-state index in [2.05, 4.69) is 20.8 Å². The quantitative estimate of drug-likeness (QED) is 0.266. The van der Waals surface area contributed by atoms with Crippen molar-refractivity contribution in [2.24, 2.45) is 0 Å². The smallest absolute Gasteiger partial charge is 0.255 e. The number of carbonyl (C=O) groups excluding carboxylic acids is 2. The van der Waals surface area contributed by atoms with Crippen LogP contribution >= 0.6 is 0 Å². The van der Waals surface area contributed by atoms with Crippen molar-refractivity contribution in [2.45, 2.75) is 25.3 Å². The average Bonchev–Trinajstić information content (AvgIpc) is 3.68. The average molecular weight is 551 g/mol.